The summed E-state index contributed by atoms with van der Waals surface area (Å²) in [4.78, 5) is 35.8. The Morgan fingerprint density at radius 3 is 1.85 bits per heavy atom. The van der Waals surface area contributed by atoms with Crippen LogP contribution in [0.3, 0.4) is 0 Å². The van der Waals surface area contributed by atoms with Gasteiger partial charge in [-0.25, -0.2) is 9.59 Å². The highest BCUT2D eigenvalue weighted by molar-refractivity contribution is 6.34. The van der Waals surface area contributed by atoms with Gasteiger partial charge in [-0.15, -0.1) is 0 Å². The predicted molar refractivity (Wildman–Crippen MR) is 166 cm³/mol. The van der Waals surface area contributed by atoms with E-state index in [-0.39, 0.29) is 23.5 Å². The molecule has 2 aromatic carbocycles. The van der Waals surface area contributed by atoms with Crippen LogP contribution < -0.4 is 9.47 Å². The minimum absolute atomic E-state index is 0.0224. The zero-order valence-electron chi connectivity index (χ0n) is 26.0. The lowest BCUT2D eigenvalue weighted by Crippen LogP contribution is -2.25. The first kappa shape index (κ1) is 35.4. The van der Waals surface area contributed by atoms with Gasteiger partial charge in [0.25, 0.3) is 5.78 Å². The molecule has 2 N–H and O–H groups in total. The van der Waals surface area contributed by atoms with E-state index in [4.69, 9.17) is 14.6 Å². The highest BCUT2D eigenvalue weighted by Crippen LogP contribution is 2.45. The smallest absolute Gasteiger partial charge is 0.389 e. The Labute approximate surface area is 267 Å². The molecule has 46 heavy (non-hydrogen) atoms. The van der Waals surface area contributed by atoms with Gasteiger partial charge in [0.2, 0.25) is 0 Å². The molecule has 0 bridgehead atoms. The molecule has 250 valence electrons. The van der Waals surface area contributed by atoms with Crippen LogP contribution in [0.4, 0.5) is 13.2 Å². The Bertz CT molecular complexity index is 1300. The summed E-state index contributed by atoms with van der Waals surface area (Å²) in [5.74, 6) is -0.852. The molecule has 0 radical (unpaired) electrons. The summed E-state index contributed by atoms with van der Waals surface area (Å²) in [6, 6.07) is 12.4. The molecule has 0 saturated heterocycles. The zero-order chi connectivity index (χ0) is 33.3. The van der Waals surface area contributed by atoms with E-state index in [1.165, 1.54) is 43.4 Å². The van der Waals surface area contributed by atoms with Crippen molar-refractivity contribution in [1.82, 2.24) is 0 Å². The van der Waals surface area contributed by atoms with Gasteiger partial charge in [-0.05, 0) is 97.4 Å². The third kappa shape index (κ3) is 10.3. The summed E-state index contributed by atoms with van der Waals surface area (Å²) in [6.45, 7) is 1.86. The Morgan fingerprint density at radius 2 is 1.30 bits per heavy atom. The van der Waals surface area contributed by atoms with Crippen LogP contribution in [0, 0.1) is 17.8 Å². The van der Waals surface area contributed by atoms with Crippen molar-refractivity contribution in [3.05, 3.63) is 60.2 Å². The van der Waals surface area contributed by atoms with E-state index in [9.17, 15) is 32.7 Å². The Kier molecular flexibility index (Phi) is 12.6. The molecule has 4 rings (SSSR count). The molecule has 2 aliphatic rings. The van der Waals surface area contributed by atoms with Crippen molar-refractivity contribution in [2.45, 2.75) is 89.1 Å². The van der Waals surface area contributed by atoms with E-state index in [1.807, 2.05) is 12.1 Å². The number of aliphatic hydroxyl groups is 2. The second kappa shape index (κ2) is 16.4. The number of ether oxygens (including phenoxy) is 2. The molecule has 0 spiro atoms. The Balaban J connectivity index is 1.33. The topological polar surface area (TPSA) is 110 Å². The number of Topliss-reactive ketones (excluding diaryl/α,β-unsaturated/α-hetero) is 1. The number of alkyl halides is 3. The minimum Gasteiger partial charge on any atom is -0.423 e. The van der Waals surface area contributed by atoms with Crippen molar-refractivity contribution in [3.8, 4) is 22.6 Å². The largest absolute Gasteiger partial charge is 0.423 e. The molecular weight excluding hydrogens is 601 g/mol. The maximum atomic E-state index is 12.4. The fourth-order valence-corrected chi connectivity index (χ4v) is 6.91. The van der Waals surface area contributed by atoms with Gasteiger partial charge in [0.15, 0.2) is 0 Å². The number of hydrogen-bond donors (Lipinski definition) is 2. The van der Waals surface area contributed by atoms with Gasteiger partial charge in [-0.1, -0.05) is 56.5 Å². The molecule has 10 heteroatoms. The van der Waals surface area contributed by atoms with Crippen molar-refractivity contribution < 1.29 is 47.2 Å². The molecule has 2 fully saturated rings. The number of aliphatic hydroxyl groups excluding tert-OH is 2. The second-order valence-electron chi connectivity index (χ2n) is 12.7. The minimum atomic E-state index is -4.05. The van der Waals surface area contributed by atoms with Gasteiger partial charge in [-0.2, -0.15) is 13.2 Å². The second-order valence-corrected chi connectivity index (χ2v) is 12.7. The van der Waals surface area contributed by atoms with E-state index in [0.717, 1.165) is 37.7 Å². The van der Waals surface area contributed by atoms with Crippen molar-refractivity contribution in [2.75, 3.05) is 13.2 Å². The van der Waals surface area contributed by atoms with Crippen molar-refractivity contribution in [3.63, 3.8) is 0 Å². The Morgan fingerprint density at radius 1 is 0.739 bits per heavy atom. The average Bonchev–Trinajstić information content (AvgIpc) is 3.05. The summed E-state index contributed by atoms with van der Waals surface area (Å²) in [5, 5.41) is 18.2. The number of unbranched alkanes of at least 4 members (excludes halogenated alkanes) is 1. The average molecular weight is 645 g/mol. The fraction of sp³-hybridized carbons (Fsp3) is 0.528. The van der Waals surface area contributed by atoms with Crippen LogP contribution in [-0.2, 0) is 14.4 Å². The summed E-state index contributed by atoms with van der Waals surface area (Å²) in [6.07, 6.45) is 6.26. The highest BCUT2D eigenvalue weighted by atomic mass is 19.4. The standard InChI is InChI=1S/C36H43F3O7/c1-23(21-40)34(43)45-31-18-30(19-32(20-31)46-35(44)33(42)22-41)29-15-13-28(14-16-29)27-11-9-26(10-12-27)25-7-5-24(6-8-25)4-2-3-17-36(37,38)39/h13-16,18-20,24-27,40-41H,1-12,17,21-22H2. The molecule has 7 nitrogen and oxygen atoms in total. The maximum absolute atomic E-state index is 12.4. The quantitative estimate of drug-likeness (QED) is 0.0765. The first-order valence-electron chi connectivity index (χ1n) is 16.1. The number of carbonyl (C=O) groups is 3. The fourth-order valence-electron chi connectivity index (χ4n) is 6.91. The van der Waals surface area contributed by atoms with Crippen LogP contribution in [0.25, 0.3) is 11.1 Å². The summed E-state index contributed by atoms with van der Waals surface area (Å²) >= 11 is 0. The van der Waals surface area contributed by atoms with Crippen molar-refractivity contribution in [1.29, 1.82) is 0 Å². The summed E-state index contributed by atoms with van der Waals surface area (Å²) in [7, 11) is 0. The molecule has 2 aromatic rings. The van der Waals surface area contributed by atoms with E-state index in [0.29, 0.717) is 35.7 Å². The van der Waals surface area contributed by atoms with E-state index in [1.54, 1.807) is 6.07 Å². The number of ketones is 1. The van der Waals surface area contributed by atoms with Gasteiger partial charge in [0.05, 0.1) is 12.2 Å². The van der Waals surface area contributed by atoms with Crippen molar-refractivity contribution >= 4 is 17.7 Å². The van der Waals surface area contributed by atoms with Gasteiger partial charge in [-0.3, -0.25) is 4.79 Å². The number of hydrogen-bond acceptors (Lipinski definition) is 7. The lowest BCUT2D eigenvalue weighted by Gasteiger charge is -2.38. The van der Waals surface area contributed by atoms with Crippen LogP contribution in [0.1, 0.15) is 88.5 Å². The van der Waals surface area contributed by atoms with E-state index >= 15 is 0 Å². The summed E-state index contributed by atoms with van der Waals surface area (Å²) < 4.78 is 47.6. The van der Waals surface area contributed by atoms with E-state index < -0.39 is 43.5 Å². The van der Waals surface area contributed by atoms with Gasteiger partial charge in [0, 0.05) is 12.5 Å². The van der Waals surface area contributed by atoms with Crippen LogP contribution in [0.15, 0.2) is 54.6 Å². The third-order valence-electron chi connectivity index (χ3n) is 9.52. The number of carbonyl (C=O) groups excluding carboxylic acids is 3. The molecule has 2 saturated carbocycles. The van der Waals surface area contributed by atoms with Crippen LogP contribution in [0.5, 0.6) is 11.5 Å². The first-order valence-corrected chi connectivity index (χ1v) is 16.1. The van der Waals surface area contributed by atoms with Crippen LogP contribution in [0.2, 0.25) is 0 Å². The van der Waals surface area contributed by atoms with Crippen LogP contribution >= 0.6 is 0 Å². The molecule has 0 aliphatic heterocycles. The normalized spacial score (nSPS) is 21.8. The molecule has 0 heterocycles. The monoisotopic (exact) mass is 644 g/mol. The summed E-state index contributed by atoms with van der Waals surface area (Å²) in [5.41, 5.74) is 2.39. The number of halogens is 3. The van der Waals surface area contributed by atoms with Crippen LogP contribution in [-0.4, -0.2) is 47.3 Å². The highest BCUT2D eigenvalue weighted by Gasteiger charge is 2.32. The molecule has 0 amide bonds. The number of rotatable bonds is 13. The van der Waals surface area contributed by atoms with Gasteiger partial charge in [0.1, 0.15) is 18.1 Å². The van der Waals surface area contributed by atoms with Crippen molar-refractivity contribution in [2.24, 2.45) is 17.8 Å². The maximum Gasteiger partial charge on any atom is 0.389 e. The molecule has 0 atom stereocenters. The predicted octanol–water partition coefficient (Wildman–Crippen LogP) is 7.48. The lowest BCUT2D eigenvalue weighted by atomic mass is 9.68. The number of benzene rings is 2. The zero-order valence-corrected chi connectivity index (χ0v) is 26.0. The number of esters is 2. The SMILES string of the molecule is C=C(CO)C(=O)Oc1cc(OC(=O)C(=O)CO)cc(-c2ccc(C3CCC(C4CCC(CCCCC(F)(F)F)CC4)CC3)cc2)c1. The molecule has 0 unspecified atom stereocenters. The molecule has 2 aliphatic carbocycles. The third-order valence-corrected chi connectivity index (χ3v) is 9.52. The lowest BCUT2D eigenvalue weighted by molar-refractivity contribution is -0.148. The van der Waals surface area contributed by atoms with E-state index in [2.05, 4.69) is 18.7 Å². The molecular formula is C36H43F3O7. The van der Waals surface area contributed by atoms with Gasteiger partial charge >= 0.3 is 18.1 Å². The first-order chi connectivity index (χ1) is 22.0. The molecule has 0 aromatic heterocycles. The Hall–Kier alpha value is -3.50. The van der Waals surface area contributed by atoms with Gasteiger partial charge < -0.3 is 19.7 Å².